The van der Waals surface area contributed by atoms with Crippen LogP contribution in [0.3, 0.4) is 0 Å². The van der Waals surface area contributed by atoms with Crippen molar-refractivity contribution >= 4 is 5.82 Å². The van der Waals surface area contributed by atoms with Crippen LogP contribution in [0.25, 0.3) is 0 Å². The summed E-state index contributed by atoms with van der Waals surface area (Å²) in [6.07, 6.45) is 6.44. The van der Waals surface area contributed by atoms with Gasteiger partial charge in [-0.2, -0.15) is 0 Å². The molecular formula is C15H23N3. The highest BCUT2D eigenvalue weighted by atomic mass is 15.2. The number of nitrogens with zero attached hydrogens (tertiary/aromatic N) is 2. The molecule has 0 amide bonds. The van der Waals surface area contributed by atoms with E-state index in [1.807, 2.05) is 0 Å². The van der Waals surface area contributed by atoms with Crippen molar-refractivity contribution in [2.24, 2.45) is 5.92 Å². The third-order valence-corrected chi connectivity index (χ3v) is 4.12. The van der Waals surface area contributed by atoms with Crippen LogP contribution in [0, 0.1) is 5.92 Å². The molecule has 1 aromatic heterocycles. The molecule has 1 aromatic rings. The molecular weight excluding hydrogens is 222 g/mol. The van der Waals surface area contributed by atoms with E-state index >= 15 is 0 Å². The molecule has 1 atom stereocenters. The molecule has 0 spiro atoms. The Hall–Kier alpha value is -1.09. The van der Waals surface area contributed by atoms with Gasteiger partial charge in [0.15, 0.2) is 0 Å². The van der Waals surface area contributed by atoms with Crippen molar-refractivity contribution < 1.29 is 0 Å². The molecule has 3 rings (SSSR count). The minimum atomic E-state index is 0.778. The molecule has 18 heavy (non-hydrogen) atoms. The van der Waals surface area contributed by atoms with E-state index < -0.39 is 0 Å². The first-order valence-electron chi connectivity index (χ1n) is 7.33. The smallest absolute Gasteiger partial charge is 0.128 e. The minimum absolute atomic E-state index is 0.778. The van der Waals surface area contributed by atoms with Crippen LogP contribution in [-0.2, 0) is 6.42 Å². The second-order valence-corrected chi connectivity index (χ2v) is 5.60. The second kappa shape index (κ2) is 5.70. The van der Waals surface area contributed by atoms with Gasteiger partial charge in [-0.05, 0) is 63.2 Å². The Kier molecular flexibility index (Phi) is 3.79. The predicted octanol–water partition coefficient (Wildman–Crippen LogP) is 2.22. The molecule has 1 N–H and O–H groups in total. The molecule has 98 valence electrons. The van der Waals surface area contributed by atoms with Crippen molar-refractivity contribution in [1.82, 2.24) is 10.3 Å². The van der Waals surface area contributed by atoms with Gasteiger partial charge in [-0.25, -0.2) is 4.98 Å². The van der Waals surface area contributed by atoms with E-state index in [-0.39, 0.29) is 0 Å². The summed E-state index contributed by atoms with van der Waals surface area (Å²) in [5.41, 5.74) is 1.27. The maximum absolute atomic E-state index is 4.85. The summed E-state index contributed by atoms with van der Waals surface area (Å²) in [7, 11) is 0. The molecule has 0 unspecified atom stereocenters. The van der Waals surface area contributed by atoms with Crippen LogP contribution in [-0.4, -0.2) is 31.2 Å². The SMILES string of the molecule is c1cc(C[C@@H]2CCCNC2)nc(N2CCCC2)c1. The van der Waals surface area contributed by atoms with Crippen LogP contribution in [0.1, 0.15) is 31.4 Å². The van der Waals surface area contributed by atoms with Crippen LogP contribution in [0.5, 0.6) is 0 Å². The van der Waals surface area contributed by atoms with Gasteiger partial charge in [-0.15, -0.1) is 0 Å². The van der Waals surface area contributed by atoms with Crippen molar-refractivity contribution in [3.63, 3.8) is 0 Å². The average Bonchev–Trinajstić information content (AvgIpc) is 2.94. The van der Waals surface area contributed by atoms with Gasteiger partial charge < -0.3 is 10.2 Å². The normalized spacial score (nSPS) is 24.4. The first-order valence-corrected chi connectivity index (χ1v) is 7.33. The van der Waals surface area contributed by atoms with Crippen LogP contribution in [0.2, 0.25) is 0 Å². The molecule has 2 aliphatic rings. The lowest BCUT2D eigenvalue weighted by Gasteiger charge is -2.23. The first kappa shape index (κ1) is 12.0. The van der Waals surface area contributed by atoms with Crippen molar-refractivity contribution in [2.75, 3.05) is 31.1 Å². The quantitative estimate of drug-likeness (QED) is 0.885. The Morgan fingerprint density at radius 2 is 2.11 bits per heavy atom. The maximum Gasteiger partial charge on any atom is 0.128 e. The van der Waals surface area contributed by atoms with Crippen LogP contribution in [0.15, 0.2) is 18.2 Å². The van der Waals surface area contributed by atoms with Crippen molar-refractivity contribution in [1.29, 1.82) is 0 Å². The molecule has 2 aliphatic heterocycles. The number of rotatable bonds is 3. The van der Waals surface area contributed by atoms with Gasteiger partial charge in [0.1, 0.15) is 5.82 Å². The molecule has 0 aliphatic carbocycles. The molecule has 0 aromatic carbocycles. The number of pyridine rings is 1. The molecule has 0 bridgehead atoms. The van der Waals surface area contributed by atoms with Crippen molar-refractivity contribution in [2.45, 2.75) is 32.1 Å². The Labute approximate surface area is 110 Å². The van der Waals surface area contributed by atoms with Gasteiger partial charge in [0, 0.05) is 18.8 Å². The lowest BCUT2D eigenvalue weighted by Crippen LogP contribution is -2.31. The number of aromatic nitrogens is 1. The summed E-state index contributed by atoms with van der Waals surface area (Å²) in [4.78, 5) is 7.27. The van der Waals surface area contributed by atoms with Gasteiger partial charge in [0.2, 0.25) is 0 Å². The molecule has 0 radical (unpaired) electrons. The topological polar surface area (TPSA) is 28.2 Å². The molecule has 2 fully saturated rings. The number of hydrogen-bond acceptors (Lipinski definition) is 3. The first-order chi connectivity index (χ1) is 8.92. The summed E-state index contributed by atoms with van der Waals surface area (Å²) < 4.78 is 0. The van der Waals surface area contributed by atoms with E-state index in [9.17, 15) is 0 Å². The zero-order valence-corrected chi connectivity index (χ0v) is 11.1. The zero-order valence-electron chi connectivity index (χ0n) is 11.1. The molecule has 3 heteroatoms. The number of piperidine rings is 1. The lowest BCUT2D eigenvalue weighted by molar-refractivity contribution is 0.373. The second-order valence-electron chi connectivity index (χ2n) is 5.60. The highest BCUT2D eigenvalue weighted by Gasteiger charge is 2.16. The monoisotopic (exact) mass is 245 g/mol. The fourth-order valence-corrected chi connectivity index (χ4v) is 3.10. The van der Waals surface area contributed by atoms with E-state index in [0.717, 1.165) is 18.9 Å². The number of nitrogens with one attached hydrogen (secondary N) is 1. The van der Waals surface area contributed by atoms with Crippen LogP contribution in [0.4, 0.5) is 5.82 Å². The van der Waals surface area contributed by atoms with E-state index in [2.05, 4.69) is 28.4 Å². The third-order valence-electron chi connectivity index (χ3n) is 4.12. The van der Waals surface area contributed by atoms with Crippen LogP contribution >= 0.6 is 0 Å². The van der Waals surface area contributed by atoms with Crippen LogP contribution < -0.4 is 10.2 Å². The molecule has 3 heterocycles. The molecule has 0 saturated carbocycles. The maximum atomic E-state index is 4.85. The Morgan fingerprint density at radius 3 is 2.89 bits per heavy atom. The predicted molar refractivity (Wildman–Crippen MR) is 75.0 cm³/mol. The summed E-state index contributed by atoms with van der Waals surface area (Å²) in [6.45, 7) is 4.72. The van der Waals surface area contributed by atoms with Gasteiger partial charge in [0.05, 0.1) is 0 Å². The Morgan fingerprint density at radius 1 is 1.22 bits per heavy atom. The molecule has 3 nitrogen and oxygen atoms in total. The lowest BCUT2D eigenvalue weighted by atomic mass is 9.94. The standard InChI is InChI=1S/C15H23N3/c1-2-10-18(9-1)15-7-3-6-14(17-15)11-13-5-4-8-16-12-13/h3,6-7,13,16H,1-2,4-5,8-12H2/t13-/m0/s1. The van der Waals surface area contributed by atoms with E-state index in [0.29, 0.717) is 0 Å². The highest BCUT2D eigenvalue weighted by molar-refractivity contribution is 5.40. The highest BCUT2D eigenvalue weighted by Crippen LogP contribution is 2.20. The van der Waals surface area contributed by atoms with Gasteiger partial charge in [0.25, 0.3) is 0 Å². The number of anilines is 1. The van der Waals surface area contributed by atoms with E-state index in [1.54, 1.807) is 0 Å². The summed E-state index contributed by atoms with van der Waals surface area (Å²) in [6, 6.07) is 6.52. The van der Waals surface area contributed by atoms with Gasteiger partial charge in [-0.1, -0.05) is 6.07 Å². The van der Waals surface area contributed by atoms with E-state index in [4.69, 9.17) is 4.98 Å². The average molecular weight is 245 g/mol. The number of hydrogen-bond donors (Lipinski definition) is 1. The van der Waals surface area contributed by atoms with E-state index in [1.165, 1.54) is 56.8 Å². The summed E-state index contributed by atoms with van der Waals surface area (Å²) in [5, 5.41) is 3.49. The fraction of sp³-hybridized carbons (Fsp3) is 0.667. The summed E-state index contributed by atoms with van der Waals surface area (Å²) in [5.74, 6) is 1.97. The largest absolute Gasteiger partial charge is 0.357 e. The zero-order chi connectivity index (χ0) is 12.2. The Bertz CT molecular complexity index is 379. The summed E-state index contributed by atoms with van der Waals surface area (Å²) >= 11 is 0. The Balaban J connectivity index is 1.66. The fourth-order valence-electron chi connectivity index (χ4n) is 3.10. The van der Waals surface area contributed by atoms with Gasteiger partial charge >= 0.3 is 0 Å². The minimum Gasteiger partial charge on any atom is -0.357 e. The van der Waals surface area contributed by atoms with Crippen molar-refractivity contribution in [3.05, 3.63) is 23.9 Å². The third kappa shape index (κ3) is 2.83. The molecule has 2 saturated heterocycles. The van der Waals surface area contributed by atoms with Gasteiger partial charge in [-0.3, -0.25) is 0 Å². The van der Waals surface area contributed by atoms with Crippen molar-refractivity contribution in [3.8, 4) is 0 Å².